The van der Waals surface area contributed by atoms with Gasteiger partial charge in [0, 0.05) is 12.2 Å². The summed E-state index contributed by atoms with van der Waals surface area (Å²) in [6.07, 6.45) is 0.435. The van der Waals surface area contributed by atoms with Gasteiger partial charge in [-0.3, -0.25) is 4.79 Å². The Labute approximate surface area is 124 Å². The smallest absolute Gasteiger partial charge is 0.319 e. The Kier molecular flexibility index (Phi) is 5.58. The largest absolute Gasteiger partial charge is 0.497 e. The summed E-state index contributed by atoms with van der Waals surface area (Å²) in [6.45, 7) is 5.31. The summed E-state index contributed by atoms with van der Waals surface area (Å²) >= 11 is 0. The summed E-state index contributed by atoms with van der Waals surface area (Å²) in [7, 11) is 1.58. The molecule has 116 valence electrons. The highest BCUT2D eigenvalue weighted by Crippen LogP contribution is 2.22. The van der Waals surface area contributed by atoms with Crippen LogP contribution in [0.2, 0.25) is 0 Å². The van der Waals surface area contributed by atoms with Crippen LogP contribution in [0.15, 0.2) is 18.2 Å². The molecular formula is C15H22N2O4. The lowest BCUT2D eigenvalue weighted by molar-refractivity contribution is -0.147. The van der Waals surface area contributed by atoms with Crippen LogP contribution in [0.5, 0.6) is 5.75 Å². The minimum Gasteiger partial charge on any atom is -0.497 e. The number of methoxy groups -OCH3 is 1. The Balaban J connectivity index is 2.64. The van der Waals surface area contributed by atoms with Gasteiger partial charge >= 0.3 is 12.0 Å². The Hall–Kier alpha value is -2.24. The van der Waals surface area contributed by atoms with Gasteiger partial charge in [0.25, 0.3) is 0 Å². The molecule has 1 aromatic rings. The third-order valence-corrected chi connectivity index (χ3v) is 3.62. The van der Waals surface area contributed by atoms with Crippen molar-refractivity contribution in [1.29, 1.82) is 0 Å². The number of nitrogens with one attached hydrogen (secondary N) is 2. The van der Waals surface area contributed by atoms with Crippen LogP contribution in [0.3, 0.4) is 0 Å². The van der Waals surface area contributed by atoms with E-state index in [1.54, 1.807) is 33.1 Å². The molecule has 6 nitrogen and oxygen atoms in total. The number of benzene rings is 1. The van der Waals surface area contributed by atoms with Crippen molar-refractivity contribution in [3.05, 3.63) is 23.8 Å². The lowest BCUT2D eigenvalue weighted by Crippen LogP contribution is -2.42. The minimum atomic E-state index is -0.966. The van der Waals surface area contributed by atoms with Gasteiger partial charge in [0.15, 0.2) is 0 Å². The molecule has 1 rings (SSSR count). The molecule has 0 heterocycles. The molecule has 2 amide bonds. The zero-order valence-electron chi connectivity index (χ0n) is 12.8. The van der Waals surface area contributed by atoms with Gasteiger partial charge in [-0.05, 0) is 44.0 Å². The van der Waals surface area contributed by atoms with E-state index in [2.05, 4.69) is 10.6 Å². The normalized spacial score (nSPS) is 13.1. The monoisotopic (exact) mass is 294 g/mol. The number of carbonyl (C=O) groups excluding carboxylic acids is 1. The highest BCUT2D eigenvalue weighted by Gasteiger charge is 2.31. The van der Waals surface area contributed by atoms with Gasteiger partial charge in [-0.25, -0.2) is 4.79 Å². The van der Waals surface area contributed by atoms with Gasteiger partial charge in [-0.1, -0.05) is 6.92 Å². The van der Waals surface area contributed by atoms with Crippen LogP contribution in [0.4, 0.5) is 10.5 Å². The Morgan fingerprint density at radius 1 is 1.38 bits per heavy atom. The molecule has 0 aromatic heterocycles. The minimum absolute atomic E-state index is 0.0693. The third-order valence-electron chi connectivity index (χ3n) is 3.62. The van der Waals surface area contributed by atoms with Gasteiger partial charge in [-0.2, -0.15) is 0 Å². The average molecular weight is 294 g/mol. The number of aliphatic carboxylic acids is 1. The maximum absolute atomic E-state index is 11.9. The second kappa shape index (κ2) is 6.97. The summed E-state index contributed by atoms with van der Waals surface area (Å²) in [5.41, 5.74) is 0.551. The van der Waals surface area contributed by atoms with E-state index < -0.39 is 17.4 Å². The summed E-state index contributed by atoms with van der Waals surface area (Å²) in [5.74, 6) is -0.214. The maximum atomic E-state index is 11.9. The second-order valence-corrected chi connectivity index (χ2v) is 5.21. The van der Waals surface area contributed by atoms with Crippen LogP contribution in [0.1, 0.15) is 25.8 Å². The number of aryl methyl sites for hydroxylation is 1. The van der Waals surface area contributed by atoms with Gasteiger partial charge in [-0.15, -0.1) is 0 Å². The summed E-state index contributed by atoms with van der Waals surface area (Å²) in [5, 5.41) is 14.4. The molecule has 0 aliphatic rings. The van der Waals surface area contributed by atoms with Crippen molar-refractivity contribution in [2.24, 2.45) is 5.41 Å². The Morgan fingerprint density at radius 2 is 2.05 bits per heavy atom. The number of urea groups is 1. The van der Waals surface area contributed by atoms with E-state index in [1.165, 1.54) is 0 Å². The number of anilines is 1. The lowest BCUT2D eigenvalue weighted by Gasteiger charge is -2.23. The van der Waals surface area contributed by atoms with Crippen LogP contribution >= 0.6 is 0 Å². The highest BCUT2D eigenvalue weighted by atomic mass is 16.5. The zero-order valence-corrected chi connectivity index (χ0v) is 12.8. The van der Waals surface area contributed by atoms with E-state index in [-0.39, 0.29) is 6.54 Å². The fourth-order valence-electron chi connectivity index (χ4n) is 1.70. The Morgan fingerprint density at radius 3 is 2.52 bits per heavy atom. The molecule has 0 spiro atoms. The lowest BCUT2D eigenvalue weighted by atomic mass is 9.88. The van der Waals surface area contributed by atoms with E-state index >= 15 is 0 Å². The summed E-state index contributed by atoms with van der Waals surface area (Å²) in [6, 6.07) is 4.87. The molecule has 0 saturated carbocycles. The molecular weight excluding hydrogens is 272 g/mol. The predicted octanol–water partition coefficient (Wildman–Crippen LogP) is 2.63. The molecule has 6 heteroatoms. The van der Waals surface area contributed by atoms with Crippen LogP contribution < -0.4 is 15.4 Å². The van der Waals surface area contributed by atoms with Crippen LogP contribution in [-0.4, -0.2) is 30.8 Å². The fraction of sp³-hybridized carbons (Fsp3) is 0.467. The number of rotatable bonds is 6. The molecule has 1 aromatic carbocycles. The quantitative estimate of drug-likeness (QED) is 0.752. The van der Waals surface area contributed by atoms with E-state index in [9.17, 15) is 9.59 Å². The van der Waals surface area contributed by atoms with E-state index in [0.29, 0.717) is 17.9 Å². The summed E-state index contributed by atoms with van der Waals surface area (Å²) < 4.78 is 5.09. The Bertz CT molecular complexity index is 530. The topological polar surface area (TPSA) is 87.7 Å². The van der Waals surface area contributed by atoms with Crippen molar-refractivity contribution >= 4 is 17.7 Å². The predicted molar refractivity (Wildman–Crippen MR) is 80.8 cm³/mol. The van der Waals surface area contributed by atoms with E-state index in [1.807, 2.05) is 13.0 Å². The molecule has 1 unspecified atom stereocenters. The third kappa shape index (κ3) is 4.37. The van der Waals surface area contributed by atoms with Gasteiger partial charge in [0.05, 0.1) is 12.5 Å². The number of amides is 2. The van der Waals surface area contributed by atoms with Crippen LogP contribution in [0.25, 0.3) is 0 Å². The van der Waals surface area contributed by atoms with Crippen LogP contribution in [-0.2, 0) is 4.79 Å². The first-order valence-electron chi connectivity index (χ1n) is 6.75. The summed E-state index contributed by atoms with van der Waals surface area (Å²) in [4.78, 5) is 23.0. The van der Waals surface area contributed by atoms with E-state index in [0.717, 1.165) is 5.56 Å². The molecule has 21 heavy (non-hydrogen) atoms. The van der Waals surface area contributed by atoms with Gasteiger partial charge in [0.1, 0.15) is 5.75 Å². The number of carboxylic acids is 1. The van der Waals surface area contributed by atoms with Crippen molar-refractivity contribution in [3.8, 4) is 5.75 Å². The fourth-order valence-corrected chi connectivity index (χ4v) is 1.70. The SMILES string of the molecule is CCC(C)(CNC(=O)Nc1ccc(OC)cc1C)C(=O)O. The molecule has 0 saturated heterocycles. The number of carboxylic acid groups (broad SMARTS) is 1. The molecule has 0 aliphatic heterocycles. The highest BCUT2D eigenvalue weighted by molar-refractivity contribution is 5.90. The number of carbonyl (C=O) groups is 2. The second-order valence-electron chi connectivity index (χ2n) is 5.21. The zero-order chi connectivity index (χ0) is 16.0. The van der Waals surface area contributed by atoms with Crippen molar-refractivity contribution < 1.29 is 19.4 Å². The molecule has 3 N–H and O–H groups in total. The number of ether oxygens (including phenoxy) is 1. The van der Waals surface area contributed by atoms with Gasteiger partial charge < -0.3 is 20.5 Å². The van der Waals surface area contributed by atoms with Crippen LogP contribution in [0, 0.1) is 12.3 Å². The van der Waals surface area contributed by atoms with Crippen molar-refractivity contribution in [3.63, 3.8) is 0 Å². The molecule has 0 bridgehead atoms. The van der Waals surface area contributed by atoms with Crippen molar-refractivity contribution in [1.82, 2.24) is 5.32 Å². The first-order chi connectivity index (χ1) is 9.82. The first-order valence-corrected chi connectivity index (χ1v) is 6.75. The van der Waals surface area contributed by atoms with Crippen molar-refractivity contribution in [2.45, 2.75) is 27.2 Å². The molecule has 0 aliphatic carbocycles. The number of hydrogen-bond donors (Lipinski definition) is 3. The number of hydrogen-bond acceptors (Lipinski definition) is 3. The standard InChI is InChI=1S/C15H22N2O4/c1-5-15(3,13(18)19)9-16-14(20)17-12-7-6-11(21-4)8-10(12)2/h6-8H,5,9H2,1-4H3,(H,18,19)(H2,16,17,20). The molecule has 1 atom stereocenters. The molecule has 0 radical (unpaired) electrons. The first kappa shape index (κ1) is 16.8. The molecule has 0 fully saturated rings. The van der Waals surface area contributed by atoms with E-state index in [4.69, 9.17) is 9.84 Å². The van der Waals surface area contributed by atoms with Crippen molar-refractivity contribution in [2.75, 3.05) is 19.0 Å². The average Bonchev–Trinajstić information content (AvgIpc) is 2.46. The maximum Gasteiger partial charge on any atom is 0.319 e. The van der Waals surface area contributed by atoms with Gasteiger partial charge in [0.2, 0.25) is 0 Å².